The molecule has 31 heavy (non-hydrogen) atoms. The highest BCUT2D eigenvalue weighted by atomic mass is 16.3. The first-order valence-corrected chi connectivity index (χ1v) is 12.3. The summed E-state index contributed by atoms with van der Waals surface area (Å²) in [5, 5.41) is 10.7. The van der Waals surface area contributed by atoms with Crippen molar-refractivity contribution in [2.24, 2.45) is 0 Å². The fourth-order valence-electron chi connectivity index (χ4n) is 4.60. The van der Waals surface area contributed by atoms with Crippen LogP contribution < -0.4 is 4.90 Å². The lowest BCUT2D eigenvalue weighted by molar-refractivity contribution is 0.0747. The van der Waals surface area contributed by atoms with Gasteiger partial charge in [0.1, 0.15) is 6.10 Å². The van der Waals surface area contributed by atoms with Crippen LogP contribution in [0.5, 0.6) is 0 Å². The van der Waals surface area contributed by atoms with E-state index in [1.165, 1.54) is 69.0 Å². The van der Waals surface area contributed by atoms with Gasteiger partial charge >= 0.3 is 0 Å². The Morgan fingerprint density at radius 3 is 2.03 bits per heavy atom. The van der Waals surface area contributed by atoms with Crippen LogP contribution in [0.2, 0.25) is 0 Å². The van der Waals surface area contributed by atoms with Gasteiger partial charge in [0, 0.05) is 24.3 Å². The van der Waals surface area contributed by atoms with Crippen LogP contribution in [0.15, 0.2) is 48.5 Å². The number of aliphatic hydroxyl groups excluding tert-OH is 1. The smallest absolute Gasteiger partial charge is 0.195 e. The van der Waals surface area contributed by atoms with Crippen molar-refractivity contribution in [3.05, 3.63) is 65.2 Å². The van der Waals surface area contributed by atoms with Crippen molar-refractivity contribution in [3.8, 4) is 0 Å². The Morgan fingerprint density at radius 1 is 0.903 bits per heavy atom. The lowest BCUT2D eigenvalue weighted by Gasteiger charge is -2.25. The molecule has 2 aromatic rings. The molecule has 0 saturated heterocycles. The van der Waals surface area contributed by atoms with Gasteiger partial charge in [0.2, 0.25) is 0 Å². The molecule has 2 aromatic carbocycles. The zero-order valence-corrected chi connectivity index (χ0v) is 19.4. The third-order valence-corrected chi connectivity index (χ3v) is 6.66. The molecule has 0 bridgehead atoms. The van der Waals surface area contributed by atoms with Crippen molar-refractivity contribution in [2.75, 3.05) is 18.0 Å². The van der Waals surface area contributed by atoms with Crippen molar-refractivity contribution >= 4 is 11.5 Å². The van der Waals surface area contributed by atoms with E-state index in [1.807, 2.05) is 36.4 Å². The number of rotatable bonds is 11. The summed E-state index contributed by atoms with van der Waals surface area (Å²) in [6, 6.07) is 15.8. The molecule has 0 aliphatic heterocycles. The summed E-state index contributed by atoms with van der Waals surface area (Å²) in [7, 11) is 0. The Kier molecular flexibility index (Phi) is 9.14. The molecule has 1 aliphatic carbocycles. The van der Waals surface area contributed by atoms with Crippen LogP contribution in [0.25, 0.3) is 0 Å². The van der Waals surface area contributed by atoms with E-state index in [4.69, 9.17) is 0 Å². The summed E-state index contributed by atoms with van der Waals surface area (Å²) in [4.78, 5) is 15.3. The number of Topliss-reactive ketones (excluding diaryl/α,β-unsaturated/α-hetero) is 1. The first-order chi connectivity index (χ1) is 15.1. The van der Waals surface area contributed by atoms with Crippen LogP contribution in [-0.2, 0) is 0 Å². The van der Waals surface area contributed by atoms with Gasteiger partial charge in [-0.05, 0) is 54.9 Å². The third-order valence-electron chi connectivity index (χ3n) is 6.66. The van der Waals surface area contributed by atoms with Gasteiger partial charge in [-0.25, -0.2) is 0 Å². The van der Waals surface area contributed by atoms with E-state index in [0.717, 1.165) is 13.1 Å². The van der Waals surface area contributed by atoms with Gasteiger partial charge < -0.3 is 10.0 Å². The Bertz CT molecular complexity index is 783. The highest BCUT2D eigenvalue weighted by Crippen LogP contribution is 2.33. The average Bonchev–Trinajstić information content (AvgIpc) is 2.84. The minimum absolute atomic E-state index is 0.225. The second-order valence-electron chi connectivity index (χ2n) is 9.01. The van der Waals surface area contributed by atoms with Crippen molar-refractivity contribution in [2.45, 2.75) is 83.7 Å². The average molecular weight is 422 g/mol. The minimum atomic E-state index is -1.12. The molecule has 0 aromatic heterocycles. The third kappa shape index (κ3) is 6.43. The summed E-state index contributed by atoms with van der Waals surface area (Å²) in [6.45, 7) is 6.52. The van der Waals surface area contributed by atoms with E-state index in [-0.39, 0.29) is 5.78 Å². The highest BCUT2D eigenvalue weighted by molar-refractivity contribution is 5.99. The maximum atomic E-state index is 12.9. The summed E-state index contributed by atoms with van der Waals surface area (Å²) in [5.74, 6) is 0.399. The molecule has 3 rings (SSSR count). The van der Waals surface area contributed by atoms with E-state index < -0.39 is 6.10 Å². The van der Waals surface area contributed by atoms with Crippen LogP contribution in [0.1, 0.15) is 105 Å². The van der Waals surface area contributed by atoms with Gasteiger partial charge in [-0.3, -0.25) is 4.79 Å². The van der Waals surface area contributed by atoms with E-state index in [1.54, 1.807) is 0 Å². The molecular weight excluding hydrogens is 382 g/mol. The summed E-state index contributed by atoms with van der Waals surface area (Å²) >= 11 is 0. The number of anilines is 1. The van der Waals surface area contributed by atoms with Gasteiger partial charge in [-0.15, -0.1) is 0 Å². The van der Waals surface area contributed by atoms with Gasteiger partial charge in [0.05, 0.1) is 0 Å². The zero-order valence-electron chi connectivity index (χ0n) is 19.4. The fraction of sp³-hybridized carbons (Fsp3) is 0.536. The largest absolute Gasteiger partial charge is 0.380 e. The van der Waals surface area contributed by atoms with Gasteiger partial charge in [-0.2, -0.15) is 0 Å². The van der Waals surface area contributed by atoms with Crippen molar-refractivity contribution in [1.29, 1.82) is 0 Å². The van der Waals surface area contributed by atoms with E-state index in [0.29, 0.717) is 17.0 Å². The Hall–Kier alpha value is -2.13. The number of aliphatic hydroxyl groups is 1. The molecule has 1 saturated carbocycles. The number of benzene rings is 2. The fourth-order valence-corrected chi connectivity index (χ4v) is 4.60. The monoisotopic (exact) mass is 421 g/mol. The lowest BCUT2D eigenvalue weighted by Crippen LogP contribution is -2.25. The number of hydrogen-bond acceptors (Lipinski definition) is 3. The standard InChI is InChI=1S/C28H39NO2/c1-3-5-20-29(21-6-4-2)26-18-16-25(17-19-26)28(31)27(30)24-14-12-23(13-15-24)22-10-8-7-9-11-22/h12-19,22,28,31H,3-11,20-21H2,1-2H3. The predicted octanol–water partition coefficient (Wildman–Crippen LogP) is 7.06. The van der Waals surface area contributed by atoms with Crippen LogP contribution >= 0.6 is 0 Å². The SMILES string of the molecule is CCCCN(CCCC)c1ccc(C(O)C(=O)c2ccc(C3CCCCC3)cc2)cc1. The normalized spacial score (nSPS) is 15.6. The topological polar surface area (TPSA) is 40.5 Å². The van der Waals surface area contributed by atoms with Gasteiger partial charge in [0.25, 0.3) is 0 Å². The Morgan fingerprint density at radius 2 is 1.48 bits per heavy atom. The van der Waals surface area contributed by atoms with E-state index in [2.05, 4.69) is 30.9 Å². The zero-order chi connectivity index (χ0) is 22.1. The number of hydrogen-bond donors (Lipinski definition) is 1. The highest BCUT2D eigenvalue weighted by Gasteiger charge is 2.21. The molecule has 3 nitrogen and oxygen atoms in total. The number of carbonyl (C=O) groups excluding carboxylic acids is 1. The molecule has 0 amide bonds. The maximum Gasteiger partial charge on any atom is 0.195 e. The second-order valence-corrected chi connectivity index (χ2v) is 9.01. The van der Waals surface area contributed by atoms with Gasteiger partial charge in [-0.1, -0.05) is 82.3 Å². The molecule has 1 aliphatic rings. The summed E-state index contributed by atoms with van der Waals surface area (Å²) in [6.07, 6.45) is 10.0. The van der Waals surface area contributed by atoms with Crippen molar-refractivity contribution < 1.29 is 9.90 Å². The number of ketones is 1. The van der Waals surface area contributed by atoms with Crippen LogP contribution in [0.4, 0.5) is 5.69 Å². The molecule has 0 radical (unpaired) electrons. The predicted molar refractivity (Wildman–Crippen MR) is 130 cm³/mol. The van der Waals surface area contributed by atoms with Crippen LogP contribution in [0.3, 0.4) is 0 Å². The van der Waals surface area contributed by atoms with Gasteiger partial charge in [0.15, 0.2) is 5.78 Å². The van der Waals surface area contributed by atoms with E-state index >= 15 is 0 Å². The molecule has 1 fully saturated rings. The van der Waals surface area contributed by atoms with Crippen molar-refractivity contribution in [3.63, 3.8) is 0 Å². The van der Waals surface area contributed by atoms with Crippen LogP contribution in [0, 0.1) is 0 Å². The van der Waals surface area contributed by atoms with E-state index in [9.17, 15) is 9.90 Å². The molecule has 168 valence electrons. The molecular formula is C28H39NO2. The molecule has 3 heteroatoms. The number of nitrogens with zero attached hydrogens (tertiary/aromatic N) is 1. The number of unbranched alkanes of at least 4 members (excludes halogenated alkanes) is 2. The Labute approximate surface area is 188 Å². The first-order valence-electron chi connectivity index (χ1n) is 12.3. The summed E-state index contributed by atoms with van der Waals surface area (Å²) in [5.41, 5.74) is 3.75. The number of carbonyl (C=O) groups is 1. The quantitative estimate of drug-likeness (QED) is 0.395. The first kappa shape index (κ1) is 23.5. The Balaban J connectivity index is 1.65. The molecule has 1 atom stereocenters. The molecule has 1 unspecified atom stereocenters. The maximum absolute atomic E-state index is 12.9. The lowest BCUT2D eigenvalue weighted by atomic mass is 9.83. The summed E-state index contributed by atoms with van der Waals surface area (Å²) < 4.78 is 0. The molecule has 0 heterocycles. The molecule has 1 N–H and O–H groups in total. The van der Waals surface area contributed by atoms with Crippen molar-refractivity contribution in [1.82, 2.24) is 0 Å². The minimum Gasteiger partial charge on any atom is -0.380 e. The van der Waals surface area contributed by atoms with Crippen LogP contribution in [-0.4, -0.2) is 24.0 Å². The molecule has 0 spiro atoms. The second kappa shape index (κ2) is 12.0.